The minimum Gasteiger partial charge on any atom is -0.396 e. The van der Waals surface area contributed by atoms with Crippen LogP contribution in [0, 0.1) is 0 Å². The molecule has 1 aromatic heterocycles. The molecule has 0 unspecified atom stereocenters. The summed E-state index contributed by atoms with van der Waals surface area (Å²) in [5.41, 5.74) is 1.89. The molecule has 0 aliphatic heterocycles. The van der Waals surface area contributed by atoms with Crippen molar-refractivity contribution in [1.82, 2.24) is 9.88 Å². The maximum absolute atomic E-state index is 12.8. The van der Waals surface area contributed by atoms with E-state index < -0.39 is 0 Å². The number of carbonyl (C=O) groups excluding carboxylic acids is 1. The third-order valence-electron chi connectivity index (χ3n) is 5.02. The number of para-hydroxylation sites is 1. The lowest BCUT2D eigenvalue weighted by Gasteiger charge is -2.23. The van der Waals surface area contributed by atoms with Crippen molar-refractivity contribution < 1.29 is 9.90 Å². The van der Waals surface area contributed by atoms with Crippen molar-refractivity contribution in [3.63, 3.8) is 0 Å². The zero-order valence-electron chi connectivity index (χ0n) is 14.3. The van der Waals surface area contributed by atoms with Crippen LogP contribution in [-0.4, -0.2) is 28.2 Å². The van der Waals surface area contributed by atoms with Crippen LogP contribution in [0.5, 0.6) is 0 Å². The Balaban J connectivity index is 1.78. The fraction of sp³-hybridized carbons (Fsp3) is 0.550. The van der Waals surface area contributed by atoms with Crippen molar-refractivity contribution in [2.75, 3.05) is 6.61 Å². The first-order valence-electron chi connectivity index (χ1n) is 9.29. The molecule has 4 heteroatoms. The van der Waals surface area contributed by atoms with E-state index in [0.29, 0.717) is 6.04 Å². The van der Waals surface area contributed by atoms with Crippen LogP contribution in [0.25, 0.3) is 10.9 Å². The molecule has 1 aromatic carbocycles. The van der Waals surface area contributed by atoms with Gasteiger partial charge in [-0.25, -0.2) is 0 Å². The van der Waals surface area contributed by atoms with Crippen molar-refractivity contribution in [2.24, 2.45) is 0 Å². The first-order chi connectivity index (χ1) is 11.8. The molecule has 130 valence electrons. The van der Waals surface area contributed by atoms with Crippen molar-refractivity contribution in [3.05, 3.63) is 36.0 Å². The Morgan fingerprint density at radius 2 is 1.92 bits per heavy atom. The molecule has 3 rings (SSSR count). The van der Waals surface area contributed by atoms with E-state index in [9.17, 15) is 4.79 Å². The number of amides is 1. The number of aliphatic hydroxyl groups excluding tert-OH is 1. The molecule has 4 nitrogen and oxygen atoms in total. The number of carbonyl (C=O) groups is 1. The average molecular weight is 328 g/mol. The highest BCUT2D eigenvalue weighted by Crippen LogP contribution is 2.22. The van der Waals surface area contributed by atoms with Gasteiger partial charge >= 0.3 is 0 Å². The second kappa shape index (κ2) is 8.34. The largest absolute Gasteiger partial charge is 0.396 e. The summed E-state index contributed by atoms with van der Waals surface area (Å²) < 4.78 is 2.14. The van der Waals surface area contributed by atoms with E-state index in [0.717, 1.165) is 55.2 Å². The highest BCUT2D eigenvalue weighted by atomic mass is 16.2. The number of unbranched alkanes of at least 4 members (excludes halogenated alkanes) is 2. The molecule has 1 saturated carbocycles. The summed E-state index contributed by atoms with van der Waals surface area (Å²) in [7, 11) is 0. The molecule has 0 radical (unpaired) electrons. The summed E-state index contributed by atoms with van der Waals surface area (Å²) in [4.78, 5) is 12.8. The van der Waals surface area contributed by atoms with Gasteiger partial charge in [0.05, 0.1) is 0 Å². The first-order valence-corrected chi connectivity index (χ1v) is 9.29. The van der Waals surface area contributed by atoms with Crippen LogP contribution in [0.2, 0.25) is 0 Å². The van der Waals surface area contributed by atoms with Gasteiger partial charge in [-0.2, -0.15) is 0 Å². The molecule has 24 heavy (non-hydrogen) atoms. The smallest absolute Gasteiger partial charge is 0.268 e. The van der Waals surface area contributed by atoms with Crippen LogP contribution >= 0.6 is 0 Å². The Morgan fingerprint density at radius 3 is 2.71 bits per heavy atom. The average Bonchev–Trinajstić information content (AvgIpc) is 2.98. The zero-order valence-corrected chi connectivity index (χ0v) is 14.3. The normalized spacial score (nSPS) is 15.7. The van der Waals surface area contributed by atoms with Gasteiger partial charge < -0.3 is 15.0 Å². The fourth-order valence-corrected chi connectivity index (χ4v) is 3.70. The maximum Gasteiger partial charge on any atom is 0.268 e. The van der Waals surface area contributed by atoms with E-state index in [-0.39, 0.29) is 12.5 Å². The van der Waals surface area contributed by atoms with Gasteiger partial charge in [-0.05, 0) is 44.2 Å². The van der Waals surface area contributed by atoms with Gasteiger partial charge in [0, 0.05) is 30.1 Å². The van der Waals surface area contributed by atoms with Crippen LogP contribution < -0.4 is 5.32 Å². The lowest BCUT2D eigenvalue weighted by atomic mass is 9.95. The van der Waals surface area contributed by atoms with Crippen molar-refractivity contribution in [2.45, 2.75) is 64.0 Å². The molecule has 0 spiro atoms. The highest BCUT2D eigenvalue weighted by molar-refractivity contribution is 5.98. The Labute approximate surface area is 143 Å². The van der Waals surface area contributed by atoms with Gasteiger partial charge in [0.2, 0.25) is 0 Å². The van der Waals surface area contributed by atoms with Gasteiger partial charge in [0.25, 0.3) is 5.91 Å². The number of aliphatic hydroxyl groups is 1. The molecule has 1 aliphatic rings. The third-order valence-corrected chi connectivity index (χ3v) is 5.02. The second-order valence-corrected chi connectivity index (χ2v) is 6.83. The van der Waals surface area contributed by atoms with E-state index in [2.05, 4.69) is 22.0 Å². The van der Waals surface area contributed by atoms with E-state index in [1.165, 1.54) is 19.3 Å². The standard InChI is InChI=1S/C20H28N2O2/c23-14-8-2-7-13-22-18-12-6-5-9-16(18)15-19(22)20(24)21-17-10-3-1-4-11-17/h5-6,9,12,15,17,23H,1-4,7-8,10-11,13-14H2,(H,21,24). The number of aromatic nitrogens is 1. The summed E-state index contributed by atoms with van der Waals surface area (Å²) in [6.07, 6.45) is 8.70. The molecule has 1 fully saturated rings. The third kappa shape index (κ3) is 3.99. The molecule has 1 amide bonds. The van der Waals surface area contributed by atoms with Crippen LogP contribution in [0.4, 0.5) is 0 Å². The van der Waals surface area contributed by atoms with Gasteiger partial charge in [-0.1, -0.05) is 37.5 Å². The SMILES string of the molecule is O=C(NC1CCCCC1)c1cc2ccccc2n1CCCCCO. The minimum absolute atomic E-state index is 0.0558. The molecular formula is C20H28N2O2. The Morgan fingerprint density at radius 1 is 1.12 bits per heavy atom. The maximum atomic E-state index is 12.8. The number of hydrogen-bond acceptors (Lipinski definition) is 2. The molecule has 0 atom stereocenters. The molecular weight excluding hydrogens is 300 g/mol. The van der Waals surface area contributed by atoms with Crippen LogP contribution in [0.3, 0.4) is 0 Å². The quantitative estimate of drug-likeness (QED) is 0.758. The number of fused-ring (bicyclic) bond motifs is 1. The van der Waals surface area contributed by atoms with E-state index >= 15 is 0 Å². The Kier molecular flexibility index (Phi) is 5.91. The summed E-state index contributed by atoms with van der Waals surface area (Å²) in [6.45, 7) is 1.06. The number of rotatable bonds is 7. The molecule has 0 saturated heterocycles. The number of hydrogen-bond donors (Lipinski definition) is 2. The molecule has 0 bridgehead atoms. The summed E-state index contributed by atoms with van der Waals surface area (Å²) >= 11 is 0. The fourth-order valence-electron chi connectivity index (χ4n) is 3.70. The molecule has 2 aromatic rings. The second-order valence-electron chi connectivity index (χ2n) is 6.83. The summed E-state index contributed by atoms with van der Waals surface area (Å²) in [5.74, 6) is 0.0558. The zero-order chi connectivity index (χ0) is 16.8. The molecule has 1 heterocycles. The van der Waals surface area contributed by atoms with Crippen molar-refractivity contribution in [3.8, 4) is 0 Å². The number of nitrogens with zero attached hydrogens (tertiary/aromatic N) is 1. The number of benzene rings is 1. The predicted octanol–water partition coefficient (Wildman–Crippen LogP) is 3.87. The first kappa shape index (κ1) is 17.0. The van der Waals surface area contributed by atoms with Gasteiger partial charge in [-0.3, -0.25) is 4.79 Å². The van der Waals surface area contributed by atoms with Crippen molar-refractivity contribution in [1.29, 1.82) is 0 Å². The number of aryl methyl sites for hydroxylation is 1. The lowest BCUT2D eigenvalue weighted by molar-refractivity contribution is 0.0918. The van der Waals surface area contributed by atoms with E-state index in [1.807, 2.05) is 18.2 Å². The van der Waals surface area contributed by atoms with Crippen molar-refractivity contribution >= 4 is 16.8 Å². The van der Waals surface area contributed by atoms with Crippen LogP contribution in [0.15, 0.2) is 30.3 Å². The minimum atomic E-state index is 0.0558. The monoisotopic (exact) mass is 328 g/mol. The Hall–Kier alpha value is -1.81. The van der Waals surface area contributed by atoms with Gasteiger partial charge in [-0.15, -0.1) is 0 Å². The summed E-state index contributed by atoms with van der Waals surface area (Å²) in [5, 5.41) is 13.3. The van der Waals surface area contributed by atoms with Crippen LogP contribution in [0.1, 0.15) is 61.9 Å². The molecule has 1 aliphatic carbocycles. The topological polar surface area (TPSA) is 54.3 Å². The van der Waals surface area contributed by atoms with Gasteiger partial charge in [0.15, 0.2) is 0 Å². The van der Waals surface area contributed by atoms with E-state index in [1.54, 1.807) is 0 Å². The van der Waals surface area contributed by atoms with Gasteiger partial charge in [0.1, 0.15) is 5.69 Å². The molecule has 2 N–H and O–H groups in total. The van der Waals surface area contributed by atoms with Crippen LogP contribution in [-0.2, 0) is 6.54 Å². The highest BCUT2D eigenvalue weighted by Gasteiger charge is 2.20. The predicted molar refractivity (Wildman–Crippen MR) is 97.2 cm³/mol. The Bertz CT molecular complexity index is 671. The summed E-state index contributed by atoms with van der Waals surface area (Å²) in [6, 6.07) is 10.5. The number of nitrogens with one attached hydrogen (secondary N) is 1. The van der Waals surface area contributed by atoms with E-state index in [4.69, 9.17) is 5.11 Å². The lowest BCUT2D eigenvalue weighted by Crippen LogP contribution is -2.37.